The number of nitrogen functional groups attached to an aromatic ring is 1. The average molecular weight is 518 g/mol. The molecule has 2 aromatic heterocycles. The SMILES string of the molecule is CCOC(=O)c1cnc(N)c2c(COc3cccc(NS(=O)(=O)c4ccc(Cl)cc4)c3)csc12. The number of thiophene rings is 1. The average Bonchev–Trinajstić information content (AvgIpc) is 3.23. The van der Waals surface area contributed by atoms with E-state index in [2.05, 4.69) is 9.71 Å². The summed E-state index contributed by atoms with van der Waals surface area (Å²) in [7, 11) is -3.79. The minimum atomic E-state index is -3.79. The van der Waals surface area contributed by atoms with Crippen molar-refractivity contribution in [2.75, 3.05) is 17.1 Å². The first-order valence-corrected chi connectivity index (χ1v) is 12.9. The van der Waals surface area contributed by atoms with Crippen LogP contribution in [-0.4, -0.2) is 26.0 Å². The molecule has 0 spiro atoms. The van der Waals surface area contributed by atoms with Gasteiger partial charge < -0.3 is 15.2 Å². The summed E-state index contributed by atoms with van der Waals surface area (Å²) in [5.41, 5.74) is 7.52. The fraction of sp³-hybridized carbons (Fsp3) is 0.130. The van der Waals surface area contributed by atoms with Crippen LogP contribution in [0.4, 0.5) is 11.5 Å². The second-order valence-electron chi connectivity index (χ2n) is 7.12. The van der Waals surface area contributed by atoms with Crippen molar-refractivity contribution < 1.29 is 22.7 Å². The van der Waals surface area contributed by atoms with E-state index in [1.165, 1.54) is 41.8 Å². The molecule has 0 bridgehead atoms. The van der Waals surface area contributed by atoms with Gasteiger partial charge >= 0.3 is 5.97 Å². The van der Waals surface area contributed by atoms with Crippen LogP contribution >= 0.6 is 22.9 Å². The zero-order chi connectivity index (χ0) is 24.3. The van der Waals surface area contributed by atoms with Crippen molar-refractivity contribution in [1.82, 2.24) is 4.98 Å². The molecule has 11 heteroatoms. The van der Waals surface area contributed by atoms with Crippen LogP contribution in [0.1, 0.15) is 22.8 Å². The van der Waals surface area contributed by atoms with Crippen LogP contribution in [0.15, 0.2) is 65.0 Å². The summed E-state index contributed by atoms with van der Waals surface area (Å²) in [5.74, 6) is 0.270. The lowest BCUT2D eigenvalue weighted by Crippen LogP contribution is -2.12. The Kier molecular flexibility index (Phi) is 6.92. The molecule has 0 radical (unpaired) electrons. The number of nitrogens with one attached hydrogen (secondary N) is 1. The molecule has 0 saturated carbocycles. The maximum atomic E-state index is 12.6. The van der Waals surface area contributed by atoms with E-state index in [0.29, 0.717) is 32.1 Å². The summed E-state index contributed by atoms with van der Waals surface area (Å²) in [5, 5.41) is 2.93. The Morgan fingerprint density at radius 1 is 1.21 bits per heavy atom. The first kappa shape index (κ1) is 23.8. The predicted octanol–water partition coefficient (Wildman–Crippen LogP) is 5.09. The van der Waals surface area contributed by atoms with E-state index < -0.39 is 16.0 Å². The van der Waals surface area contributed by atoms with Gasteiger partial charge in [0.05, 0.1) is 27.5 Å². The number of sulfonamides is 1. The number of carbonyl (C=O) groups excluding carboxylic acids is 1. The number of hydrogen-bond acceptors (Lipinski definition) is 8. The lowest BCUT2D eigenvalue weighted by atomic mass is 10.1. The summed E-state index contributed by atoms with van der Waals surface area (Å²) in [4.78, 5) is 16.5. The molecule has 0 saturated heterocycles. The van der Waals surface area contributed by atoms with Crippen LogP contribution in [0.2, 0.25) is 5.02 Å². The van der Waals surface area contributed by atoms with E-state index in [1.54, 1.807) is 31.2 Å². The van der Waals surface area contributed by atoms with Crippen LogP contribution in [0.3, 0.4) is 0 Å². The number of anilines is 2. The highest BCUT2D eigenvalue weighted by molar-refractivity contribution is 7.92. The van der Waals surface area contributed by atoms with Gasteiger partial charge in [0, 0.05) is 28.2 Å². The van der Waals surface area contributed by atoms with E-state index in [4.69, 9.17) is 26.8 Å². The number of benzene rings is 2. The van der Waals surface area contributed by atoms with Crippen molar-refractivity contribution in [3.05, 3.63) is 76.3 Å². The number of ether oxygens (including phenoxy) is 2. The fourth-order valence-corrected chi connectivity index (χ4v) is 5.47. The third-order valence-electron chi connectivity index (χ3n) is 4.80. The first-order chi connectivity index (χ1) is 16.3. The van der Waals surface area contributed by atoms with Crippen LogP contribution in [0.5, 0.6) is 5.75 Å². The number of pyridine rings is 1. The second-order valence-corrected chi connectivity index (χ2v) is 10.1. The summed E-state index contributed by atoms with van der Waals surface area (Å²) in [6.45, 7) is 2.13. The van der Waals surface area contributed by atoms with Gasteiger partial charge in [-0.15, -0.1) is 11.3 Å². The zero-order valence-corrected chi connectivity index (χ0v) is 20.3. The molecule has 8 nitrogen and oxygen atoms in total. The third kappa shape index (κ3) is 5.09. The molecule has 0 amide bonds. The highest BCUT2D eigenvalue weighted by Crippen LogP contribution is 2.33. The molecule has 0 aliphatic heterocycles. The topological polar surface area (TPSA) is 121 Å². The molecule has 0 aliphatic carbocycles. The van der Waals surface area contributed by atoms with Gasteiger partial charge in [-0.1, -0.05) is 17.7 Å². The number of fused-ring (bicyclic) bond motifs is 1. The van der Waals surface area contributed by atoms with Crippen molar-refractivity contribution in [2.24, 2.45) is 0 Å². The smallest absolute Gasteiger partial charge is 0.341 e. The molecule has 2 heterocycles. The number of hydrogen-bond donors (Lipinski definition) is 2. The van der Waals surface area contributed by atoms with Crippen LogP contribution < -0.4 is 15.2 Å². The summed E-state index contributed by atoms with van der Waals surface area (Å²) >= 11 is 7.19. The van der Waals surface area contributed by atoms with Crippen LogP contribution in [-0.2, 0) is 21.4 Å². The van der Waals surface area contributed by atoms with Gasteiger partial charge in [-0.05, 0) is 48.7 Å². The molecular weight excluding hydrogens is 498 g/mol. The highest BCUT2D eigenvalue weighted by Gasteiger charge is 2.19. The Morgan fingerprint density at radius 2 is 1.97 bits per heavy atom. The van der Waals surface area contributed by atoms with Gasteiger partial charge in [0.25, 0.3) is 10.0 Å². The van der Waals surface area contributed by atoms with E-state index in [1.807, 2.05) is 5.38 Å². The van der Waals surface area contributed by atoms with Gasteiger partial charge in [0.15, 0.2) is 0 Å². The number of nitrogens with two attached hydrogens (primary N) is 1. The van der Waals surface area contributed by atoms with Crippen LogP contribution in [0, 0.1) is 0 Å². The standard InChI is InChI=1S/C23H20ClN3O5S2/c1-2-31-23(28)19-11-26-22(25)20-14(13-33-21(19)20)12-32-17-5-3-4-16(10-17)27-34(29,30)18-8-6-15(24)7-9-18/h3-11,13,27H,2,12H2,1H3,(H2,25,26). The van der Waals surface area contributed by atoms with Crippen molar-refractivity contribution in [3.8, 4) is 5.75 Å². The number of carbonyl (C=O) groups is 1. The fourth-order valence-electron chi connectivity index (χ4n) is 3.23. The molecule has 0 atom stereocenters. The molecule has 34 heavy (non-hydrogen) atoms. The quantitative estimate of drug-likeness (QED) is 0.312. The van der Waals surface area contributed by atoms with Crippen molar-refractivity contribution in [2.45, 2.75) is 18.4 Å². The molecule has 3 N–H and O–H groups in total. The van der Waals surface area contributed by atoms with Gasteiger partial charge in [-0.3, -0.25) is 4.72 Å². The zero-order valence-electron chi connectivity index (χ0n) is 17.9. The molecule has 0 unspecified atom stereocenters. The van der Waals surface area contributed by atoms with E-state index in [-0.39, 0.29) is 23.9 Å². The Labute approximate surface area is 205 Å². The van der Waals surface area contributed by atoms with E-state index in [9.17, 15) is 13.2 Å². The van der Waals surface area contributed by atoms with Gasteiger partial charge in [-0.2, -0.15) is 0 Å². The third-order valence-corrected chi connectivity index (χ3v) is 7.51. The van der Waals surface area contributed by atoms with E-state index >= 15 is 0 Å². The first-order valence-electron chi connectivity index (χ1n) is 10.1. The lowest BCUT2D eigenvalue weighted by molar-refractivity contribution is 0.0528. The number of rotatable bonds is 8. The minimum absolute atomic E-state index is 0.0911. The summed E-state index contributed by atoms with van der Waals surface area (Å²) in [6.07, 6.45) is 1.41. The van der Waals surface area contributed by atoms with Crippen LogP contribution in [0.25, 0.3) is 10.1 Å². The van der Waals surface area contributed by atoms with Crippen molar-refractivity contribution in [1.29, 1.82) is 0 Å². The Morgan fingerprint density at radius 3 is 2.71 bits per heavy atom. The van der Waals surface area contributed by atoms with Crippen molar-refractivity contribution in [3.63, 3.8) is 0 Å². The highest BCUT2D eigenvalue weighted by atomic mass is 35.5. The Bertz CT molecular complexity index is 1450. The molecule has 0 aliphatic rings. The maximum absolute atomic E-state index is 12.6. The largest absolute Gasteiger partial charge is 0.489 e. The van der Waals surface area contributed by atoms with Gasteiger partial charge in [0.1, 0.15) is 18.2 Å². The lowest BCUT2D eigenvalue weighted by Gasteiger charge is -2.11. The minimum Gasteiger partial charge on any atom is -0.489 e. The number of esters is 1. The molecule has 0 fully saturated rings. The Balaban J connectivity index is 1.53. The molecule has 4 aromatic rings. The Hall–Kier alpha value is -3.34. The molecule has 4 rings (SSSR count). The van der Waals surface area contributed by atoms with Gasteiger partial charge in [0.2, 0.25) is 0 Å². The molecular formula is C23H20ClN3O5S2. The van der Waals surface area contributed by atoms with Crippen molar-refractivity contribution >= 4 is 60.5 Å². The second kappa shape index (κ2) is 9.88. The summed E-state index contributed by atoms with van der Waals surface area (Å²) < 4.78 is 39.5. The monoisotopic (exact) mass is 517 g/mol. The normalized spacial score (nSPS) is 11.4. The maximum Gasteiger partial charge on any atom is 0.341 e. The number of aromatic nitrogens is 1. The number of nitrogens with zero attached hydrogens (tertiary/aromatic N) is 1. The number of halogens is 1. The molecule has 2 aromatic carbocycles. The summed E-state index contributed by atoms with van der Waals surface area (Å²) in [6, 6.07) is 12.5. The molecule has 176 valence electrons. The predicted molar refractivity (Wildman–Crippen MR) is 133 cm³/mol. The van der Waals surface area contributed by atoms with Gasteiger partial charge in [-0.25, -0.2) is 18.2 Å². The van der Waals surface area contributed by atoms with E-state index in [0.717, 1.165) is 5.56 Å².